The van der Waals surface area contributed by atoms with Crippen LogP contribution in [0.3, 0.4) is 0 Å². The minimum atomic E-state index is -0.655. The molecule has 0 aliphatic heterocycles. The maximum absolute atomic E-state index is 14.0. The van der Waals surface area contributed by atoms with Gasteiger partial charge in [0.2, 0.25) is 0 Å². The maximum Gasteiger partial charge on any atom is 0.161 e. The Morgan fingerprint density at radius 3 is 2.00 bits per heavy atom. The molecule has 0 spiro atoms. The van der Waals surface area contributed by atoms with E-state index in [9.17, 15) is 8.78 Å². The molecule has 2 fully saturated rings. The lowest BCUT2D eigenvalue weighted by atomic mass is 9.69. The van der Waals surface area contributed by atoms with Crippen molar-refractivity contribution in [2.45, 2.75) is 84.1 Å². The van der Waals surface area contributed by atoms with Gasteiger partial charge in [0.15, 0.2) is 11.6 Å². The summed E-state index contributed by atoms with van der Waals surface area (Å²) in [5, 5.41) is 0.587. The number of hydrogen-bond donors (Lipinski definition) is 0. The second kappa shape index (κ2) is 9.48. The van der Waals surface area contributed by atoms with Crippen molar-refractivity contribution in [3.8, 4) is 0 Å². The molecule has 3 heteroatoms. The summed E-state index contributed by atoms with van der Waals surface area (Å²) in [5.41, 5.74) is 0.408. The van der Waals surface area contributed by atoms with Crippen LogP contribution in [0.1, 0.15) is 76.7 Å². The van der Waals surface area contributed by atoms with Crippen molar-refractivity contribution in [3.63, 3.8) is 0 Å². The van der Waals surface area contributed by atoms with E-state index in [0.29, 0.717) is 26.2 Å². The summed E-state index contributed by atoms with van der Waals surface area (Å²) >= 11 is 0. The third kappa shape index (κ3) is 4.97. The Morgan fingerprint density at radius 1 is 0.846 bits per heavy atom. The Morgan fingerprint density at radius 2 is 1.42 bits per heavy atom. The first-order valence-electron chi connectivity index (χ1n) is 10.8. The van der Waals surface area contributed by atoms with Crippen LogP contribution in [0.2, 0.25) is 6.04 Å². The molecular formula is C23H34F2Si. The molecule has 2 saturated carbocycles. The average molecular weight is 377 g/mol. The molecule has 0 bridgehead atoms. The molecule has 2 aliphatic rings. The van der Waals surface area contributed by atoms with Crippen molar-refractivity contribution in [1.82, 2.24) is 0 Å². The number of halogens is 2. The van der Waals surface area contributed by atoms with Crippen LogP contribution >= 0.6 is 0 Å². The zero-order chi connectivity index (χ0) is 18.5. The van der Waals surface area contributed by atoms with Gasteiger partial charge in [0.05, 0.1) is 9.52 Å². The normalized spacial score (nSPS) is 29.7. The summed E-state index contributed by atoms with van der Waals surface area (Å²) < 4.78 is 27.8. The van der Waals surface area contributed by atoms with E-state index in [1.165, 1.54) is 64.2 Å². The van der Waals surface area contributed by atoms with Gasteiger partial charge in [-0.15, -0.1) is 0 Å². The Kier molecular flexibility index (Phi) is 7.31. The van der Waals surface area contributed by atoms with Gasteiger partial charge in [-0.3, -0.25) is 0 Å². The van der Waals surface area contributed by atoms with Gasteiger partial charge < -0.3 is 0 Å². The van der Waals surface area contributed by atoms with Crippen molar-refractivity contribution in [1.29, 1.82) is 0 Å². The van der Waals surface area contributed by atoms with E-state index in [1.807, 2.05) is 0 Å². The van der Waals surface area contributed by atoms with Crippen LogP contribution in [-0.2, 0) is 0 Å². The van der Waals surface area contributed by atoms with Gasteiger partial charge in [0.1, 0.15) is 0 Å². The van der Waals surface area contributed by atoms with Crippen molar-refractivity contribution in [3.05, 3.63) is 29.3 Å². The molecule has 0 amide bonds. The predicted octanol–water partition coefficient (Wildman–Crippen LogP) is 6.43. The molecule has 2 radical (unpaired) electrons. The van der Waals surface area contributed by atoms with E-state index in [0.717, 1.165) is 23.8 Å². The third-order valence-electron chi connectivity index (χ3n) is 7.00. The summed E-state index contributed by atoms with van der Waals surface area (Å²) in [4.78, 5) is 0. The predicted molar refractivity (Wildman–Crippen MR) is 107 cm³/mol. The number of aryl methyl sites for hydroxylation is 1. The summed E-state index contributed by atoms with van der Waals surface area (Å²) in [6, 6.07) is 4.54. The summed E-state index contributed by atoms with van der Waals surface area (Å²) in [6.45, 7) is 3.94. The fourth-order valence-corrected chi connectivity index (χ4v) is 6.64. The van der Waals surface area contributed by atoms with Gasteiger partial charge in [-0.2, -0.15) is 0 Å². The maximum atomic E-state index is 14.0. The van der Waals surface area contributed by atoms with E-state index < -0.39 is 11.6 Å². The topological polar surface area (TPSA) is 0 Å². The van der Waals surface area contributed by atoms with Crippen LogP contribution in [-0.4, -0.2) is 9.52 Å². The fourth-order valence-electron chi connectivity index (χ4n) is 5.26. The van der Waals surface area contributed by atoms with Gasteiger partial charge in [-0.1, -0.05) is 63.6 Å². The van der Waals surface area contributed by atoms with E-state index in [1.54, 1.807) is 19.1 Å². The van der Waals surface area contributed by atoms with Gasteiger partial charge in [0.25, 0.3) is 0 Å². The van der Waals surface area contributed by atoms with Crippen LogP contribution in [0.5, 0.6) is 0 Å². The van der Waals surface area contributed by atoms with Gasteiger partial charge in [-0.05, 0) is 67.0 Å². The molecule has 3 rings (SSSR count). The number of benzene rings is 1. The Hall–Kier alpha value is -0.703. The van der Waals surface area contributed by atoms with Gasteiger partial charge in [-0.25, -0.2) is 8.78 Å². The van der Waals surface area contributed by atoms with E-state index in [2.05, 4.69) is 6.92 Å². The molecule has 26 heavy (non-hydrogen) atoms. The Labute approximate surface area is 161 Å². The van der Waals surface area contributed by atoms with Crippen LogP contribution in [0.25, 0.3) is 0 Å². The van der Waals surface area contributed by atoms with Crippen LogP contribution in [0.15, 0.2) is 12.1 Å². The molecule has 0 unspecified atom stereocenters. The fraction of sp³-hybridized carbons (Fsp3) is 0.739. The average Bonchev–Trinajstić information content (AvgIpc) is 2.67. The minimum absolute atomic E-state index is 0.407. The largest absolute Gasteiger partial charge is 0.204 e. The summed E-state index contributed by atoms with van der Waals surface area (Å²) in [6.07, 6.45) is 13.9. The van der Waals surface area contributed by atoms with Gasteiger partial charge >= 0.3 is 0 Å². The first-order chi connectivity index (χ1) is 12.6. The molecule has 0 atom stereocenters. The SMILES string of the molecule is CCCC1CCC(C2CCC(C[Si]c3ccc(C)c(F)c3F)CC2)CC1. The molecule has 0 nitrogen and oxygen atoms in total. The van der Waals surface area contributed by atoms with Crippen LogP contribution in [0.4, 0.5) is 8.78 Å². The lowest BCUT2D eigenvalue weighted by Gasteiger charge is -2.38. The molecule has 2 aliphatic carbocycles. The lowest BCUT2D eigenvalue weighted by Crippen LogP contribution is -2.28. The first-order valence-corrected chi connectivity index (χ1v) is 12.0. The quantitative estimate of drug-likeness (QED) is 0.502. The molecule has 1 aromatic carbocycles. The standard InChI is InChI=1S/C23H34F2Si/c1-3-4-17-6-10-19(11-7-17)20-12-8-18(9-13-20)15-26-21-14-5-16(2)22(24)23(21)25/h5,14,17-20H,3-4,6-13,15H2,1-2H3. The molecule has 0 saturated heterocycles. The van der Waals surface area contributed by atoms with E-state index >= 15 is 0 Å². The zero-order valence-corrected chi connectivity index (χ0v) is 17.5. The monoisotopic (exact) mass is 376 g/mol. The summed E-state index contributed by atoms with van der Waals surface area (Å²) in [7, 11) is 0.407. The van der Waals surface area contributed by atoms with Crippen LogP contribution < -0.4 is 5.19 Å². The lowest BCUT2D eigenvalue weighted by molar-refractivity contribution is 0.147. The van der Waals surface area contributed by atoms with Crippen molar-refractivity contribution in [2.24, 2.45) is 23.7 Å². The van der Waals surface area contributed by atoms with Gasteiger partial charge in [0, 0.05) is 0 Å². The van der Waals surface area contributed by atoms with Crippen molar-refractivity contribution >= 4 is 14.7 Å². The zero-order valence-electron chi connectivity index (χ0n) is 16.5. The van der Waals surface area contributed by atoms with Crippen LogP contribution in [0, 0.1) is 42.2 Å². The molecule has 0 heterocycles. The highest BCUT2D eigenvalue weighted by atomic mass is 28.2. The van der Waals surface area contributed by atoms with Crippen molar-refractivity contribution in [2.75, 3.05) is 0 Å². The van der Waals surface area contributed by atoms with Crippen molar-refractivity contribution < 1.29 is 8.78 Å². The molecule has 144 valence electrons. The van der Waals surface area contributed by atoms with E-state index in [4.69, 9.17) is 0 Å². The third-order valence-corrected chi connectivity index (χ3v) is 8.55. The van der Waals surface area contributed by atoms with E-state index in [-0.39, 0.29) is 0 Å². The minimum Gasteiger partial charge on any atom is -0.204 e. The highest BCUT2D eigenvalue weighted by molar-refractivity contribution is 6.53. The number of rotatable bonds is 6. The number of hydrogen-bond acceptors (Lipinski definition) is 0. The highest BCUT2D eigenvalue weighted by Gasteiger charge is 2.30. The summed E-state index contributed by atoms with van der Waals surface area (Å²) in [5.74, 6) is 2.35. The molecule has 1 aromatic rings. The molecule has 0 N–H and O–H groups in total. The molecule has 0 aromatic heterocycles. The Balaban J connectivity index is 1.41. The molecular weight excluding hydrogens is 342 g/mol. The first kappa shape index (κ1) is 20.0. The second-order valence-corrected chi connectivity index (χ2v) is 10.1. The Bertz CT molecular complexity index is 570. The highest BCUT2D eigenvalue weighted by Crippen LogP contribution is 2.42. The smallest absolute Gasteiger partial charge is 0.161 e. The second-order valence-electron chi connectivity index (χ2n) is 8.79.